The highest BCUT2D eigenvalue weighted by Gasteiger charge is 2.16. The van der Waals surface area contributed by atoms with Crippen molar-refractivity contribution in [1.82, 2.24) is 14.4 Å². The Kier molecular flexibility index (Phi) is 2.46. The lowest BCUT2D eigenvalue weighted by molar-refractivity contribution is 0.555. The van der Waals surface area contributed by atoms with Gasteiger partial charge in [0.2, 0.25) is 5.82 Å². The molecular weight excluding hydrogens is 291 g/mol. The van der Waals surface area contributed by atoms with Crippen molar-refractivity contribution in [3.8, 4) is 11.3 Å². The number of oxazole rings is 1. The first-order chi connectivity index (χ1) is 10.7. The molecule has 3 aromatic heterocycles. The Balaban J connectivity index is 2.02. The van der Waals surface area contributed by atoms with Crippen LogP contribution in [0, 0.1) is 10.7 Å². The smallest absolute Gasteiger partial charge is 0.408 e. The van der Waals surface area contributed by atoms with Crippen LogP contribution in [0.1, 0.15) is 0 Å². The first kappa shape index (κ1) is 12.5. The third-order valence-corrected chi connectivity index (χ3v) is 3.34. The molecule has 0 aliphatic carbocycles. The van der Waals surface area contributed by atoms with Crippen LogP contribution in [0.2, 0.25) is 0 Å². The topological polar surface area (TPSA) is 92.7 Å². The summed E-state index contributed by atoms with van der Waals surface area (Å²) in [5, 5.41) is 2.95. The fourth-order valence-corrected chi connectivity index (χ4v) is 2.38. The second-order valence-electron chi connectivity index (χ2n) is 4.68. The van der Waals surface area contributed by atoms with E-state index in [1.807, 2.05) is 0 Å². The highest BCUT2D eigenvalue weighted by Crippen LogP contribution is 2.32. The number of nitroso groups, excluding NO2 is 1. The minimum absolute atomic E-state index is 0.0215. The van der Waals surface area contributed by atoms with Crippen LogP contribution in [0.3, 0.4) is 0 Å². The molecule has 4 rings (SSSR count). The zero-order valence-electron chi connectivity index (χ0n) is 10.9. The SMILES string of the molecule is O=Nc1c(-c2ccc3[nH]c(=O)oc3c2)nc2ccc(F)cn12. The maximum atomic E-state index is 13.3. The summed E-state index contributed by atoms with van der Waals surface area (Å²) in [6, 6.07) is 7.56. The molecule has 0 aliphatic rings. The summed E-state index contributed by atoms with van der Waals surface area (Å²) in [4.78, 5) is 29.1. The van der Waals surface area contributed by atoms with Crippen molar-refractivity contribution >= 4 is 22.6 Å². The van der Waals surface area contributed by atoms with Crippen molar-refractivity contribution < 1.29 is 8.81 Å². The third kappa shape index (κ3) is 1.74. The molecule has 3 heterocycles. The number of aromatic nitrogens is 3. The van der Waals surface area contributed by atoms with E-state index < -0.39 is 11.6 Å². The minimum atomic E-state index is -0.571. The number of aromatic amines is 1. The molecule has 0 bridgehead atoms. The van der Waals surface area contributed by atoms with E-state index in [1.165, 1.54) is 16.5 Å². The molecule has 0 spiro atoms. The fraction of sp³-hybridized carbons (Fsp3) is 0. The summed E-state index contributed by atoms with van der Waals surface area (Å²) in [5.41, 5.74) is 2.08. The quantitative estimate of drug-likeness (QED) is 0.576. The molecule has 4 aromatic rings. The maximum absolute atomic E-state index is 13.3. The van der Waals surface area contributed by atoms with Gasteiger partial charge in [0.15, 0.2) is 5.58 Å². The van der Waals surface area contributed by atoms with E-state index >= 15 is 0 Å². The molecule has 0 saturated carbocycles. The van der Waals surface area contributed by atoms with E-state index in [0.29, 0.717) is 22.3 Å². The molecular formula is C14H7FN4O3. The number of nitrogens with one attached hydrogen (secondary N) is 1. The van der Waals surface area contributed by atoms with Gasteiger partial charge in [-0.05, 0) is 29.4 Å². The van der Waals surface area contributed by atoms with Gasteiger partial charge in [0.1, 0.15) is 17.2 Å². The molecule has 108 valence electrons. The molecule has 7 nitrogen and oxygen atoms in total. The summed E-state index contributed by atoms with van der Waals surface area (Å²) in [6.45, 7) is 0. The zero-order chi connectivity index (χ0) is 15.3. The Morgan fingerprint density at radius 1 is 1.27 bits per heavy atom. The number of rotatable bonds is 2. The van der Waals surface area contributed by atoms with Crippen LogP contribution in [0.25, 0.3) is 28.0 Å². The van der Waals surface area contributed by atoms with Gasteiger partial charge in [0, 0.05) is 11.8 Å². The number of hydrogen-bond acceptors (Lipinski definition) is 5. The van der Waals surface area contributed by atoms with Crippen LogP contribution in [-0.4, -0.2) is 14.4 Å². The van der Waals surface area contributed by atoms with Crippen molar-refractivity contribution in [2.75, 3.05) is 0 Å². The van der Waals surface area contributed by atoms with Gasteiger partial charge < -0.3 is 4.42 Å². The Morgan fingerprint density at radius 3 is 2.95 bits per heavy atom. The average molecular weight is 298 g/mol. The predicted octanol–water partition coefficient (Wildman–Crippen LogP) is 2.97. The first-order valence-corrected chi connectivity index (χ1v) is 6.30. The Labute approximate surface area is 121 Å². The summed E-state index contributed by atoms with van der Waals surface area (Å²) in [7, 11) is 0. The van der Waals surface area contributed by atoms with Crippen LogP contribution in [0.15, 0.2) is 50.9 Å². The second-order valence-corrected chi connectivity index (χ2v) is 4.68. The number of halogens is 1. The van der Waals surface area contributed by atoms with Crippen LogP contribution in [-0.2, 0) is 0 Å². The summed E-state index contributed by atoms with van der Waals surface area (Å²) in [5.74, 6) is -1.10. The van der Waals surface area contributed by atoms with Crippen LogP contribution in [0.5, 0.6) is 0 Å². The van der Waals surface area contributed by atoms with Crippen LogP contribution in [0.4, 0.5) is 10.2 Å². The van der Waals surface area contributed by atoms with Crippen LogP contribution >= 0.6 is 0 Å². The van der Waals surface area contributed by atoms with Gasteiger partial charge in [-0.15, -0.1) is 4.91 Å². The number of nitrogens with zero attached hydrogens (tertiary/aromatic N) is 3. The van der Waals surface area contributed by atoms with E-state index in [9.17, 15) is 14.1 Å². The molecule has 0 saturated heterocycles. The summed E-state index contributed by atoms with van der Waals surface area (Å²) < 4.78 is 19.6. The number of fused-ring (bicyclic) bond motifs is 2. The van der Waals surface area contributed by atoms with Gasteiger partial charge in [0.25, 0.3) is 0 Å². The van der Waals surface area contributed by atoms with Gasteiger partial charge in [-0.3, -0.25) is 9.38 Å². The lowest BCUT2D eigenvalue weighted by Gasteiger charge is -1.97. The molecule has 0 fully saturated rings. The lowest BCUT2D eigenvalue weighted by Crippen LogP contribution is -1.92. The lowest BCUT2D eigenvalue weighted by atomic mass is 10.1. The standard InChI is InChI=1S/C14H7FN4O3/c15-8-2-4-11-17-12(13(18-21)19(11)6-8)7-1-3-9-10(5-7)22-14(20)16-9/h1-6H,(H,16,20). The van der Waals surface area contributed by atoms with E-state index in [-0.39, 0.29) is 11.5 Å². The molecule has 22 heavy (non-hydrogen) atoms. The maximum Gasteiger partial charge on any atom is 0.417 e. The van der Waals surface area contributed by atoms with Gasteiger partial charge in [-0.1, -0.05) is 6.07 Å². The highest BCUT2D eigenvalue weighted by atomic mass is 19.1. The summed E-state index contributed by atoms with van der Waals surface area (Å²) in [6.07, 6.45) is 1.14. The van der Waals surface area contributed by atoms with Gasteiger partial charge >= 0.3 is 5.76 Å². The molecule has 0 atom stereocenters. The number of imidazole rings is 1. The average Bonchev–Trinajstić information content (AvgIpc) is 3.04. The number of benzene rings is 1. The molecule has 0 radical (unpaired) electrons. The molecule has 0 amide bonds. The Hall–Kier alpha value is -3.29. The Morgan fingerprint density at radius 2 is 2.14 bits per heavy atom. The molecule has 1 aromatic carbocycles. The van der Waals surface area contributed by atoms with Crippen molar-refractivity contribution in [3.05, 3.63) is 57.8 Å². The van der Waals surface area contributed by atoms with Gasteiger partial charge in [-0.2, -0.15) is 0 Å². The Bertz CT molecular complexity index is 1090. The number of hydrogen-bond donors (Lipinski definition) is 1. The fourth-order valence-electron chi connectivity index (χ4n) is 2.38. The molecule has 8 heteroatoms. The van der Waals surface area contributed by atoms with E-state index in [0.717, 1.165) is 6.20 Å². The number of H-pyrrole nitrogens is 1. The van der Waals surface area contributed by atoms with Gasteiger partial charge in [0.05, 0.1) is 5.52 Å². The van der Waals surface area contributed by atoms with Crippen LogP contribution < -0.4 is 5.76 Å². The van der Waals surface area contributed by atoms with Crippen molar-refractivity contribution in [3.63, 3.8) is 0 Å². The number of pyridine rings is 1. The summed E-state index contributed by atoms with van der Waals surface area (Å²) >= 11 is 0. The van der Waals surface area contributed by atoms with E-state index in [2.05, 4.69) is 15.1 Å². The monoisotopic (exact) mass is 298 g/mol. The highest BCUT2D eigenvalue weighted by molar-refractivity contribution is 5.83. The van der Waals surface area contributed by atoms with Crippen molar-refractivity contribution in [2.45, 2.75) is 0 Å². The van der Waals surface area contributed by atoms with Crippen molar-refractivity contribution in [2.24, 2.45) is 5.18 Å². The third-order valence-electron chi connectivity index (χ3n) is 3.34. The van der Waals surface area contributed by atoms with Crippen molar-refractivity contribution in [1.29, 1.82) is 0 Å². The minimum Gasteiger partial charge on any atom is -0.408 e. The van der Waals surface area contributed by atoms with Gasteiger partial charge in [-0.25, -0.2) is 14.2 Å². The van der Waals surface area contributed by atoms with E-state index in [1.54, 1.807) is 18.2 Å². The first-order valence-electron chi connectivity index (χ1n) is 6.30. The molecule has 0 aliphatic heterocycles. The molecule has 1 N–H and O–H groups in total. The molecule has 0 unspecified atom stereocenters. The second kappa shape index (κ2) is 4.35. The predicted molar refractivity (Wildman–Crippen MR) is 76.4 cm³/mol. The van der Waals surface area contributed by atoms with E-state index in [4.69, 9.17) is 4.42 Å². The zero-order valence-corrected chi connectivity index (χ0v) is 10.9. The normalized spacial score (nSPS) is 11.3. The largest absolute Gasteiger partial charge is 0.417 e.